The Morgan fingerprint density at radius 2 is 1.89 bits per heavy atom. The second-order valence-electron chi connectivity index (χ2n) is 6.70. The molecule has 0 bridgehead atoms. The molecule has 2 aromatic carbocycles. The number of aromatic nitrogens is 2. The molecule has 134 valence electrons. The van der Waals surface area contributed by atoms with E-state index in [1.807, 2.05) is 42.5 Å². The molecule has 0 aliphatic carbocycles. The summed E-state index contributed by atoms with van der Waals surface area (Å²) in [6, 6.07) is 15.3. The molecule has 4 aromatic rings. The average molecular weight is 374 g/mol. The first kappa shape index (κ1) is 16.2. The van der Waals surface area contributed by atoms with Crippen LogP contribution in [0.1, 0.15) is 23.2 Å². The normalized spacial score (nSPS) is 14.1. The number of benzene rings is 2. The Morgan fingerprint density at radius 1 is 1.04 bits per heavy atom. The summed E-state index contributed by atoms with van der Waals surface area (Å²) in [7, 11) is 0. The minimum absolute atomic E-state index is 0.128. The second-order valence-corrected chi connectivity index (χ2v) is 7.71. The standard InChI is InChI=1S/C21H18N4OS/c26-20(16-9-10-22-17-6-2-1-5-15(16)17)23-14-7-8-18-19(13-14)27-21(24-18)25-11-3-4-12-25/h1-2,5-10,13H,3-4,11-12H2,(H,23,26). The number of para-hydroxylation sites is 1. The van der Waals surface area contributed by atoms with Crippen LogP contribution in [-0.4, -0.2) is 29.0 Å². The van der Waals surface area contributed by atoms with E-state index < -0.39 is 0 Å². The third-order valence-corrected chi connectivity index (χ3v) is 5.98. The SMILES string of the molecule is O=C(Nc1ccc2nc(N3CCCC3)sc2c1)c1ccnc2ccccc12. The fourth-order valence-electron chi connectivity index (χ4n) is 3.53. The number of fused-ring (bicyclic) bond motifs is 2. The van der Waals surface area contributed by atoms with Gasteiger partial charge in [-0.25, -0.2) is 4.98 Å². The van der Waals surface area contributed by atoms with Crippen LogP contribution < -0.4 is 10.2 Å². The summed E-state index contributed by atoms with van der Waals surface area (Å²) in [5, 5.41) is 4.95. The lowest BCUT2D eigenvalue weighted by molar-refractivity contribution is 0.102. The lowest BCUT2D eigenvalue weighted by Gasteiger charge is -2.11. The predicted molar refractivity (Wildman–Crippen MR) is 111 cm³/mol. The molecule has 0 atom stereocenters. The van der Waals surface area contributed by atoms with Crippen molar-refractivity contribution in [3.63, 3.8) is 0 Å². The van der Waals surface area contributed by atoms with Gasteiger partial charge in [0.1, 0.15) is 0 Å². The quantitative estimate of drug-likeness (QED) is 0.565. The molecule has 1 aliphatic rings. The van der Waals surface area contributed by atoms with Gasteiger partial charge in [-0.2, -0.15) is 0 Å². The fraction of sp³-hybridized carbons (Fsp3) is 0.190. The van der Waals surface area contributed by atoms with Crippen molar-refractivity contribution in [3.8, 4) is 0 Å². The van der Waals surface area contributed by atoms with Gasteiger partial charge in [-0.05, 0) is 43.2 Å². The van der Waals surface area contributed by atoms with E-state index in [0.717, 1.165) is 45.0 Å². The van der Waals surface area contributed by atoms with Crippen molar-refractivity contribution < 1.29 is 4.79 Å². The molecule has 0 saturated carbocycles. The molecule has 3 heterocycles. The molecule has 0 unspecified atom stereocenters. The summed E-state index contributed by atoms with van der Waals surface area (Å²) in [5.41, 5.74) is 3.21. The van der Waals surface area contributed by atoms with Crippen LogP contribution >= 0.6 is 11.3 Å². The van der Waals surface area contributed by atoms with Crippen molar-refractivity contribution in [1.82, 2.24) is 9.97 Å². The van der Waals surface area contributed by atoms with E-state index in [0.29, 0.717) is 5.56 Å². The zero-order chi connectivity index (χ0) is 18.2. The number of rotatable bonds is 3. The maximum Gasteiger partial charge on any atom is 0.256 e. The van der Waals surface area contributed by atoms with E-state index in [-0.39, 0.29) is 5.91 Å². The number of anilines is 2. The van der Waals surface area contributed by atoms with Gasteiger partial charge in [0, 0.05) is 30.4 Å². The minimum atomic E-state index is -0.128. The fourth-order valence-corrected chi connectivity index (χ4v) is 4.58. The van der Waals surface area contributed by atoms with Crippen LogP contribution in [-0.2, 0) is 0 Å². The number of carbonyl (C=O) groups excluding carboxylic acids is 1. The molecule has 5 nitrogen and oxygen atoms in total. The molecule has 6 heteroatoms. The second kappa shape index (κ2) is 6.63. The van der Waals surface area contributed by atoms with Crippen molar-refractivity contribution in [3.05, 3.63) is 60.3 Å². The number of pyridine rings is 1. The number of thiazole rings is 1. The Hall–Kier alpha value is -2.99. The number of hydrogen-bond acceptors (Lipinski definition) is 5. The molecule has 1 fully saturated rings. The van der Waals surface area contributed by atoms with E-state index in [9.17, 15) is 4.79 Å². The highest BCUT2D eigenvalue weighted by atomic mass is 32.1. The van der Waals surface area contributed by atoms with Crippen LogP contribution in [0, 0.1) is 0 Å². The van der Waals surface area contributed by atoms with E-state index in [1.165, 1.54) is 12.8 Å². The zero-order valence-electron chi connectivity index (χ0n) is 14.7. The molecule has 5 rings (SSSR count). The first-order valence-electron chi connectivity index (χ1n) is 9.08. The topological polar surface area (TPSA) is 58.1 Å². The Balaban J connectivity index is 1.44. The van der Waals surface area contributed by atoms with Gasteiger partial charge in [-0.3, -0.25) is 9.78 Å². The van der Waals surface area contributed by atoms with Crippen LogP contribution in [0.15, 0.2) is 54.7 Å². The first-order chi connectivity index (χ1) is 13.3. The van der Waals surface area contributed by atoms with E-state index in [4.69, 9.17) is 4.98 Å². The molecule has 27 heavy (non-hydrogen) atoms. The number of amides is 1. The smallest absolute Gasteiger partial charge is 0.256 e. The van der Waals surface area contributed by atoms with Crippen molar-refractivity contribution in [2.75, 3.05) is 23.3 Å². The van der Waals surface area contributed by atoms with Gasteiger partial charge < -0.3 is 10.2 Å². The van der Waals surface area contributed by atoms with Crippen LogP contribution in [0.25, 0.3) is 21.1 Å². The summed E-state index contributed by atoms with van der Waals surface area (Å²) in [6.45, 7) is 2.16. The summed E-state index contributed by atoms with van der Waals surface area (Å²) in [4.78, 5) is 24.2. The summed E-state index contributed by atoms with van der Waals surface area (Å²) in [5.74, 6) is -0.128. The largest absolute Gasteiger partial charge is 0.348 e. The molecule has 1 saturated heterocycles. The Morgan fingerprint density at radius 3 is 2.78 bits per heavy atom. The van der Waals surface area contributed by atoms with E-state index >= 15 is 0 Å². The van der Waals surface area contributed by atoms with Gasteiger partial charge in [0.15, 0.2) is 5.13 Å². The van der Waals surface area contributed by atoms with Gasteiger partial charge in [0.2, 0.25) is 0 Å². The highest BCUT2D eigenvalue weighted by molar-refractivity contribution is 7.22. The molecule has 0 radical (unpaired) electrons. The Kier molecular flexibility index (Phi) is 3.98. The van der Waals surface area contributed by atoms with Crippen LogP contribution in [0.3, 0.4) is 0 Å². The third-order valence-electron chi connectivity index (χ3n) is 4.91. The zero-order valence-corrected chi connectivity index (χ0v) is 15.5. The Bertz CT molecular complexity index is 1140. The number of hydrogen-bond donors (Lipinski definition) is 1. The molecule has 1 N–H and O–H groups in total. The summed E-state index contributed by atoms with van der Waals surface area (Å²) < 4.78 is 1.09. The summed E-state index contributed by atoms with van der Waals surface area (Å²) >= 11 is 1.69. The molecule has 2 aromatic heterocycles. The van der Waals surface area contributed by atoms with E-state index in [2.05, 4.69) is 15.2 Å². The van der Waals surface area contributed by atoms with Gasteiger partial charge in [-0.15, -0.1) is 0 Å². The molecular formula is C21H18N4OS. The van der Waals surface area contributed by atoms with Gasteiger partial charge in [0.25, 0.3) is 5.91 Å². The van der Waals surface area contributed by atoms with Gasteiger partial charge >= 0.3 is 0 Å². The lowest BCUT2D eigenvalue weighted by atomic mass is 10.1. The number of nitrogens with zero attached hydrogens (tertiary/aromatic N) is 3. The van der Waals surface area contributed by atoms with Crippen LogP contribution in [0.2, 0.25) is 0 Å². The molecule has 0 spiro atoms. The van der Waals surface area contributed by atoms with E-state index in [1.54, 1.807) is 23.6 Å². The van der Waals surface area contributed by atoms with Crippen LogP contribution in [0.4, 0.5) is 10.8 Å². The maximum atomic E-state index is 12.8. The van der Waals surface area contributed by atoms with Crippen molar-refractivity contribution >= 4 is 49.2 Å². The van der Waals surface area contributed by atoms with Crippen molar-refractivity contribution in [2.24, 2.45) is 0 Å². The molecule has 1 amide bonds. The first-order valence-corrected chi connectivity index (χ1v) is 9.90. The minimum Gasteiger partial charge on any atom is -0.348 e. The summed E-state index contributed by atoms with van der Waals surface area (Å²) in [6.07, 6.45) is 4.14. The monoisotopic (exact) mass is 374 g/mol. The predicted octanol–water partition coefficient (Wildman–Crippen LogP) is 4.70. The number of nitrogens with one attached hydrogen (secondary N) is 1. The highest BCUT2D eigenvalue weighted by Crippen LogP contribution is 2.32. The Labute approximate surface area is 160 Å². The lowest BCUT2D eigenvalue weighted by Crippen LogP contribution is -2.16. The molecular weight excluding hydrogens is 356 g/mol. The molecule has 1 aliphatic heterocycles. The number of carbonyl (C=O) groups is 1. The van der Waals surface area contributed by atoms with Crippen molar-refractivity contribution in [2.45, 2.75) is 12.8 Å². The maximum absolute atomic E-state index is 12.8. The van der Waals surface area contributed by atoms with Gasteiger partial charge in [0.05, 0.1) is 21.3 Å². The highest BCUT2D eigenvalue weighted by Gasteiger charge is 2.17. The average Bonchev–Trinajstić information content (AvgIpc) is 3.36. The van der Waals surface area contributed by atoms with Gasteiger partial charge in [-0.1, -0.05) is 29.5 Å². The van der Waals surface area contributed by atoms with Crippen LogP contribution in [0.5, 0.6) is 0 Å². The third kappa shape index (κ3) is 3.02. The van der Waals surface area contributed by atoms with Crippen molar-refractivity contribution in [1.29, 1.82) is 0 Å².